The number of hydrogen-bond donors (Lipinski definition) is 2. The van der Waals surface area contributed by atoms with Gasteiger partial charge in [-0.05, 0) is 64.3 Å². The van der Waals surface area contributed by atoms with Gasteiger partial charge in [0, 0.05) is 34.8 Å². The summed E-state index contributed by atoms with van der Waals surface area (Å²) in [6, 6.07) is 4.45. The second-order valence-electron chi connectivity index (χ2n) is 12.6. The van der Waals surface area contributed by atoms with Gasteiger partial charge in [0.1, 0.15) is 11.4 Å². The topological polar surface area (TPSA) is 164 Å². The minimum atomic E-state index is -2.03. The molecule has 0 bridgehead atoms. The molecule has 2 N–H and O–H groups in total. The summed E-state index contributed by atoms with van der Waals surface area (Å²) in [5, 5.41) is 14.2. The van der Waals surface area contributed by atoms with Crippen molar-refractivity contribution in [1.29, 1.82) is 0 Å². The lowest BCUT2D eigenvalue weighted by Gasteiger charge is -2.38. The second-order valence-corrected chi connectivity index (χ2v) is 13.7. The number of hydrogen-bond acceptors (Lipinski definition) is 12. The van der Waals surface area contributed by atoms with E-state index in [4.69, 9.17) is 23.7 Å². The molecule has 0 aromatic heterocycles. The van der Waals surface area contributed by atoms with Gasteiger partial charge in [-0.1, -0.05) is 20.8 Å². The minimum absolute atomic E-state index is 0.0358. The number of aliphatic hydroxyl groups excluding tert-OH is 1. The van der Waals surface area contributed by atoms with Gasteiger partial charge < -0.3 is 34.1 Å². The van der Waals surface area contributed by atoms with Crippen LogP contribution in [0.2, 0.25) is 0 Å². The Kier molecular flexibility index (Phi) is 12.5. The molecule has 14 heteroatoms. The molecule has 2 fully saturated rings. The van der Waals surface area contributed by atoms with E-state index < -0.39 is 96.2 Å². The summed E-state index contributed by atoms with van der Waals surface area (Å²) in [5.74, 6) is -7.77. The zero-order valence-electron chi connectivity index (χ0n) is 27.3. The lowest BCUT2D eigenvalue weighted by Crippen LogP contribution is -2.63. The predicted octanol–water partition coefficient (Wildman–Crippen LogP) is 4.28. The molecule has 0 saturated heterocycles. The molecule has 1 aromatic carbocycles. The van der Waals surface area contributed by atoms with Crippen LogP contribution in [0.3, 0.4) is 0 Å². The maximum Gasteiger partial charge on any atom is 0.408 e. The van der Waals surface area contributed by atoms with Gasteiger partial charge in [-0.3, -0.25) is 14.4 Å². The zero-order valence-corrected chi connectivity index (χ0v) is 28.1. The highest BCUT2D eigenvalue weighted by Crippen LogP contribution is 2.66. The van der Waals surface area contributed by atoms with Crippen LogP contribution >= 0.6 is 11.8 Å². The number of esters is 4. The third kappa shape index (κ3) is 8.69. The highest BCUT2D eigenvalue weighted by molar-refractivity contribution is 7.99. The number of thioether (sulfide) groups is 1. The Morgan fingerprint density at radius 2 is 1.74 bits per heavy atom. The first kappa shape index (κ1) is 37.1. The molecule has 0 unspecified atom stereocenters. The summed E-state index contributed by atoms with van der Waals surface area (Å²) in [6.45, 7) is 10.3. The Morgan fingerprint density at radius 3 is 2.35 bits per heavy atom. The van der Waals surface area contributed by atoms with Gasteiger partial charge in [-0.25, -0.2) is 14.0 Å². The number of ether oxygens (including phenoxy) is 5. The third-order valence-electron chi connectivity index (χ3n) is 8.15. The fourth-order valence-corrected chi connectivity index (χ4v) is 6.90. The molecule has 2 aliphatic rings. The molecule has 46 heavy (non-hydrogen) atoms. The number of carbonyl (C=O) groups is 5. The van der Waals surface area contributed by atoms with Crippen molar-refractivity contribution >= 4 is 41.7 Å². The van der Waals surface area contributed by atoms with Crippen LogP contribution in [0.5, 0.6) is 0 Å². The van der Waals surface area contributed by atoms with E-state index in [2.05, 4.69) is 5.32 Å². The maximum atomic E-state index is 14.0. The second kappa shape index (κ2) is 15.5. The molecule has 0 radical (unpaired) electrons. The van der Waals surface area contributed by atoms with Crippen molar-refractivity contribution in [2.24, 2.45) is 29.6 Å². The van der Waals surface area contributed by atoms with E-state index in [0.717, 1.165) is 0 Å². The number of halogens is 1. The number of aryl methyl sites for hydroxylation is 1. The van der Waals surface area contributed by atoms with E-state index in [9.17, 15) is 33.5 Å². The van der Waals surface area contributed by atoms with E-state index in [0.29, 0.717) is 23.3 Å². The number of alkyl carbamates (subject to hydrolysis) is 1. The van der Waals surface area contributed by atoms with Crippen LogP contribution in [0.4, 0.5) is 9.18 Å². The molecule has 256 valence electrons. The molecule has 1 aromatic rings. The number of nitrogens with one attached hydrogen (secondary N) is 1. The number of fused-ring (bicyclic) bond motifs is 1. The summed E-state index contributed by atoms with van der Waals surface area (Å²) in [6.07, 6.45) is -1.20. The van der Waals surface area contributed by atoms with Crippen molar-refractivity contribution in [2.75, 3.05) is 19.3 Å². The van der Waals surface area contributed by atoms with E-state index in [1.54, 1.807) is 60.6 Å². The number of carbonyl (C=O) groups excluding carboxylic acids is 5. The van der Waals surface area contributed by atoms with Gasteiger partial charge >= 0.3 is 30.0 Å². The molecule has 7 atom stereocenters. The summed E-state index contributed by atoms with van der Waals surface area (Å²) >= 11 is 1.21. The Morgan fingerprint density at radius 1 is 1.07 bits per heavy atom. The van der Waals surface area contributed by atoms with Crippen LogP contribution in [-0.2, 0) is 42.9 Å². The molecule has 2 aliphatic carbocycles. The SMILES string of the molecule is CCCC(=O)OCOC(=O)[C@@]1(NC(=O)OC(C)(C)C)[C@@H]2[C@@H](C(=O)OCOC(=O)[C@@H](C)CC)[C@@H]2[C@H](O)[C@H]1CSc1ccc(F)c(C)c1. The average molecular weight is 670 g/mol. The quantitative estimate of drug-likeness (QED) is 0.125. The van der Waals surface area contributed by atoms with E-state index >= 15 is 0 Å². The maximum absolute atomic E-state index is 14.0. The number of aliphatic hydroxyl groups is 1. The Balaban J connectivity index is 1.94. The van der Waals surface area contributed by atoms with Crippen molar-refractivity contribution in [3.05, 3.63) is 29.6 Å². The van der Waals surface area contributed by atoms with E-state index in [1.165, 1.54) is 17.8 Å². The van der Waals surface area contributed by atoms with E-state index in [-0.39, 0.29) is 12.2 Å². The molecule has 0 heterocycles. The first-order valence-electron chi connectivity index (χ1n) is 15.3. The standard InChI is InChI=1S/C32H44FNO11S/c1-8-10-22(35)41-15-44-29(39)32(34-30(40)45-31(5,6)7)20(14-46-19-11-12-21(33)18(4)13-19)26(36)23-24(25(23)32)28(38)43-16-42-27(37)17(3)9-2/h11-13,17,20,23-26,36H,8-10,14-16H2,1-7H3,(H,34,40)/t17-,20+,23-,24-,25-,26+,32-/m0/s1. The lowest BCUT2D eigenvalue weighted by atomic mass is 9.80. The Bertz CT molecular complexity index is 1300. The lowest BCUT2D eigenvalue weighted by molar-refractivity contribution is -0.175. The largest absolute Gasteiger partial charge is 0.444 e. The van der Waals surface area contributed by atoms with Gasteiger partial charge in [0.2, 0.25) is 13.6 Å². The average Bonchev–Trinajstić information content (AvgIpc) is 3.68. The van der Waals surface area contributed by atoms with Crippen LogP contribution in [0.25, 0.3) is 0 Å². The van der Waals surface area contributed by atoms with Gasteiger partial charge in [0.15, 0.2) is 5.54 Å². The van der Waals surface area contributed by atoms with Crippen molar-refractivity contribution < 1.29 is 57.2 Å². The van der Waals surface area contributed by atoms with Crippen LogP contribution in [0.1, 0.15) is 66.4 Å². The summed E-state index contributed by atoms with van der Waals surface area (Å²) in [4.78, 5) is 65.1. The van der Waals surface area contributed by atoms with Gasteiger partial charge in [0.05, 0.1) is 17.9 Å². The normalized spacial score (nSPS) is 25.5. The third-order valence-corrected chi connectivity index (χ3v) is 9.26. The van der Waals surface area contributed by atoms with Crippen LogP contribution in [-0.4, -0.2) is 71.7 Å². The summed E-state index contributed by atoms with van der Waals surface area (Å²) in [7, 11) is 0. The number of amides is 1. The zero-order chi connectivity index (χ0) is 34.4. The molecule has 2 saturated carbocycles. The highest BCUT2D eigenvalue weighted by Gasteiger charge is 2.80. The molecule has 1 amide bonds. The summed E-state index contributed by atoms with van der Waals surface area (Å²) in [5.41, 5.74) is -2.61. The fourth-order valence-electron chi connectivity index (χ4n) is 5.64. The molecule has 12 nitrogen and oxygen atoms in total. The van der Waals surface area contributed by atoms with Crippen molar-refractivity contribution in [3.8, 4) is 0 Å². The van der Waals surface area contributed by atoms with Crippen molar-refractivity contribution in [2.45, 2.75) is 89.9 Å². The van der Waals surface area contributed by atoms with Crippen molar-refractivity contribution in [1.82, 2.24) is 5.32 Å². The monoisotopic (exact) mass is 669 g/mol. The number of benzene rings is 1. The first-order chi connectivity index (χ1) is 21.6. The molecular weight excluding hydrogens is 625 g/mol. The van der Waals surface area contributed by atoms with Crippen molar-refractivity contribution in [3.63, 3.8) is 0 Å². The highest BCUT2D eigenvalue weighted by atomic mass is 32.2. The van der Waals surface area contributed by atoms with Crippen LogP contribution < -0.4 is 5.32 Å². The smallest absolute Gasteiger partial charge is 0.408 e. The molecule has 0 spiro atoms. The fraction of sp³-hybridized carbons (Fsp3) is 0.656. The van der Waals surface area contributed by atoms with Gasteiger partial charge in [-0.2, -0.15) is 0 Å². The first-order valence-corrected chi connectivity index (χ1v) is 16.3. The molecular formula is C32H44FNO11S. The van der Waals surface area contributed by atoms with Crippen LogP contribution in [0, 0.1) is 42.3 Å². The predicted molar refractivity (Wildman–Crippen MR) is 162 cm³/mol. The van der Waals surface area contributed by atoms with Gasteiger partial charge in [0.25, 0.3) is 0 Å². The Hall–Kier alpha value is -3.39. The van der Waals surface area contributed by atoms with E-state index in [1.807, 2.05) is 0 Å². The Labute approximate surface area is 272 Å². The molecule has 3 rings (SSSR count). The van der Waals surface area contributed by atoms with Crippen LogP contribution in [0.15, 0.2) is 23.1 Å². The summed E-state index contributed by atoms with van der Waals surface area (Å²) < 4.78 is 40.0. The minimum Gasteiger partial charge on any atom is -0.444 e. The molecule has 0 aliphatic heterocycles. The number of rotatable bonds is 14. The van der Waals surface area contributed by atoms with Gasteiger partial charge in [-0.15, -0.1) is 11.8 Å².